The molecule has 0 aliphatic rings. The van der Waals surface area contributed by atoms with Crippen LogP contribution < -0.4 is 10.6 Å². The minimum atomic E-state index is -0.212. The highest BCUT2D eigenvalue weighted by atomic mass is 32.1. The first-order valence-corrected chi connectivity index (χ1v) is 6.35. The van der Waals surface area contributed by atoms with Crippen LogP contribution in [0.1, 0.15) is 23.7 Å². The van der Waals surface area contributed by atoms with E-state index in [2.05, 4.69) is 32.1 Å². The number of rotatable bonds is 5. The highest BCUT2D eigenvalue weighted by Gasteiger charge is 2.07. The minimum absolute atomic E-state index is 0.212. The summed E-state index contributed by atoms with van der Waals surface area (Å²) < 4.78 is 3.67. The van der Waals surface area contributed by atoms with E-state index in [1.165, 1.54) is 6.20 Å². The Kier molecular flexibility index (Phi) is 4.19. The molecule has 2 rings (SSSR count). The second kappa shape index (κ2) is 6.06. The predicted octanol–water partition coefficient (Wildman–Crippen LogP) is 2.01. The van der Waals surface area contributed by atoms with E-state index < -0.39 is 0 Å². The Morgan fingerprint density at radius 2 is 2.28 bits per heavy atom. The highest BCUT2D eigenvalue weighted by Crippen LogP contribution is 2.12. The van der Waals surface area contributed by atoms with Gasteiger partial charge in [0.1, 0.15) is 10.8 Å². The molecule has 0 aliphatic carbocycles. The lowest BCUT2D eigenvalue weighted by Crippen LogP contribution is -2.11. The third-order valence-electron chi connectivity index (χ3n) is 2.18. The van der Waals surface area contributed by atoms with Crippen LogP contribution in [-0.2, 0) is 0 Å². The van der Waals surface area contributed by atoms with E-state index in [1.807, 2.05) is 0 Å². The third-order valence-corrected chi connectivity index (χ3v) is 2.76. The van der Waals surface area contributed by atoms with Gasteiger partial charge in [-0.25, -0.2) is 4.98 Å². The molecule has 0 aliphatic heterocycles. The number of nitrogens with one attached hydrogen (secondary N) is 2. The van der Waals surface area contributed by atoms with E-state index in [0.717, 1.165) is 30.3 Å². The van der Waals surface area contributed by atoms with Gasteiger partial charge in [0.2, 0.25) is 0 Å². The van der Waals surface area contributed by atoms with Crippen LogP contribution >= 0.6 is 11.5 Å². The maximum atomic E-state index is 11.8. The molecular weight excluding hydrogens is 250 g/mol. The maximum absolute atomic E-state index is 11.8. The van der Waals surface area contributed by atoms with Gasteiger partial charge in [-0.05, 0) is 18.6 Å². The summed E-state index contributed by atoms with van der Waals surface area (Å²) in [6.45, 7) is 2.95. The van der Waals surface area contributed by atoms with Crippen molar-refractivity contribution >= 4 is 28.3 Å². The zero-order valence-corrected chi connectivity index (χ0v) is 10.7. The summed E-state index contributed by atoms with van der Waals surface area (Å²) in [4.78, 5) is 16.0. The molecule has 0 atom stereocenters. The number of hydrogen-bond donors (Lipinski definition) is 2. The van der Waals surface area contributed by atoms with Crippen molar-refractivity contribution in [2.24, 2.45) is 0 Å². The lowest BCUT2D eigenvalue weighted by molar-refractivity contribution is 0.102. The van der Waals surface area contributed by atoms with Gasteiger partial charge in [-0.1, -0.05) is 11.4 Å². The van der Waals surface area contributed by atoms with Crippen molar-refractivity contribution in [3.05, 3.63) is 30.1 Å². The molecule has 2 aromatic rings. The third kappa shape index (κ3) is 3.24. The Hall–Kier alpha value is -2.02. The van der Waals surface area contributed by atoms with Crippen molar-refractivity contribution < 1.29 is 4.79 Å². The molecule has 0 spiro atoms. The van der Waals surface area contributed by atoms with Gasteiger partial charge in [0.05, 0.1) is 11.8 Å². The SMILES string of the molecule is CCCNc1ccc(C(=O)Nc2cnns2)cn1. The molecule has 6 nitrogen and oxygen atoms in total. The fraction of sp³-hybridized carbons (Fsp3) is 0.273. The Morgan fingerprint density at radius 1 is 1.39 bits per heavy atom. The van der Waals surface area contributed by atoms with Crippen molar-refractivity contribution in [1.29, 1.82) is 0 Å². The molecule has 94 valence electrons. The average Bonchev–Trinajstić information content (AvgIpc) is 2.89. The molecule has 2 aromatic heterocycles. The number of carbonyl (C=O) groups is 1. The molecule has 0 saturated heterocycles. The molecule has 0 radical (unpaired) electrons. The number of carbonyl (C=O) groups excluding carboxylic acids is 1. The van der Waals surface area contributed by atoms with Gasteiger partial charge in [-0.3, -0.25) is 4.79 Å². The van der Waals surface area contributed by atoms with Crippen LogP contribution in [-0.4, -0.2) is 27.0 Å². The number of pyridine rings is 1. The monoisotopic (exact) mass is 263 g/mol. The average molecular weight is 263 g/mol. The molecule has 18 heavy (non-hydrogen) atoms. The lowest BCUT2D eigenvalue weighted by atomic mass is 10.2. The number of aromatic nitrogens is 3. The summed E-state index contributed by atoms with van der Waals surface area (Å²) in [5, 5.41) is 10.1. The van der Waals surface area contributed by atoms with Crippen LogP contribution in [0.3, 0.4) is 0 Å². The van der Waals surface area contributed by atoms with E-state index in [9.17, 15) is 4.79 Å². The summed E-state index contributed by atoms with van der Waals surface area (Å²) in [7, 11) is 0. The number of hydrogen-bond acceptors (Lipinski definition) is 6. The second-order valence-corrected chi connectivity index (χ2v) is 4.38. The first-order valence-electron chi connectivity index (χ1n) is 5.58. The van der Waals surface area contributed by atoms with Crippen LogP contribution in [0.2, 0.25) is 0 Å². The fourth-order valence-electron chi connectivity index (χ4n) is 1.29. The van der Waals surface area contributed by atoms with Crippen molar-refractivity contribution in [1.82, 2.24) is 14.6 Å². The molecular formula is C11H13N5OS. The molecule has 0 fully saturated rings. The molecule has 1 amide bonds. The summed E-state index contributed by atoms with van der Waals surface area (Å²) in [5.41, 5.74) is 0.505. The highest BCUT2D eigenvalue weighted by molar-refractivity contribution is 7.10. The molecule has 0 aromatic carbocycles. The van der Waals surface area contributed by atoms with Gasteiger partial charge in [0.15, 0.2) is 0 Å². The lowest BCUT2D eigenvalue weighted by Gasteiger charge is -2.05. The number of anilines is 2. The zero-order valence-electron chi connectivity index (χ0n) is 9.88. The van der Waals surface area contributed by atoms with E-state index in [0.29, 0.717) is 10.6 Å². The molecule has 0 unspecified atom stereocenters. The molecule has 0 saturated carbocycles. The van der Waals surface area contributed by atoms with Crippen LogP contribution in [0.15, 0.2) is 24.5 Å². The Morgan fingerprint density at radius 3 is 2.89 bits per heavy atom. The van der Waals surface area contributed by atoms with E-state index in [-0.39, 0.29) is 5.91 Å². The fourth-order valence-corrected chi connectivity index (χ4v) is 1.71. The quantitative estimate of drug-likeness (QED) is 0.862. The predicted molar refractivity (Wildman–Crippen MR) is 70.9 cm³/mol. The molecule has 2 N–H and O–H groups in total. The Labute approximate surface area is 109 Å². The molecule has 0 bridgehead atoms. The van der Waals surface area contributed by atoms with Crippen LogP contribution in [0, 0.1) is 0 Å². The van der Waals surface area contributed by atoms with Gasteiger partial charge in [0.25, 0.3) is 5.91 Å². The molecule has 7 heteroatoms. The summed E-state index contributed by atoms with van der Waals surface area (Å²) in [5.74, 6) is 0.559. The van der Waals surface area contributed by atoms with Crippen molar-refractivity contribution in [2.75, 3.05) is 17.2 Å². The number of amides is 1. The normalized spacial score (nSPS) is 10.1. The van der Waals surface area contributed by atoms with Crippen LogP contribution in [0.4, 0.5) is 10.8 Å². The zero-order chi connectivity index (χ0) is 12.8. The van der Waals surface area contributed by atoms with Crippen molar-refractivity contribution in [3.8, 4) is 0 Å². The second-order valence-electron chi connectivity index (χ2n) is 3.59. The van der Waals surface area contributed by atoms with E-state index in [1.54, 1.807) is 18.3 Å². The summed E-state index contributed by atoms with van der Waals surface area (Å²) in [6, 6.07) is 3.52. The van der Waals surface area contributed by atoms with Gasteiger partial charge in [-0.15, -0.1) is 5.10 Å². The standard InChI is InChI=1S/C11H13N5OS/c1-2-5-12-9-4-3-8(6-13-9)11(17)15-10-7-14-16-18-10/h3-4,6-7H,2,5H2,1H3,(H,12,13)(H,15,17). The minimum Gasteiger partial charge on any atom is -0.370 e. The Bertz CT molecular complexity index is 497. The maximum Gasteiger partial charge on any atom is 0.257 e. The Balaban J connectivity index is 1.98. The first kappa shape index (κ1) is 12.4. The van der Waals surface area contributed by atoms with Gasteiger partial charge in [-0.2, -0.15) is 0 Å². The van der Waals surface area contributed by atoms with Gasteiger partial charge >= 0.3 is 0 Å². The van der Waals surface area contributed by atoms with Crippen molar-refractivity contribution in [2.45, 2.75) is 13.3 Å². The van der Waals surface area contributed by atoms with Gasteiger partial charge in [0, 0.05) is 24.3 Å². The van der Waals surface area contributed by atoms with E-state index in [4.69, 9.17) is 0 Å². The number of nitrogens with zero attached hydrogens (tertiary/aromatic N) is 3. The van der Waals surface area contributed by atoms with Crippen LogP contribution in [0.5, 0.6) is 0 Å². The van der Waals surface area contributed by atoms with Crippen molar-refractivity contribution in [3.63, 3.8) is 0 Å². The topological polar surface area (TPSA) is 79.8 Å². The largest absolute Gasteiger partial charge is 0.370 e. The van der Waals surface area contributed by atoms with Crippen LogP contribution in [0.25, 0.3) is 0 Å². The first-order chi connectivity index (χ1) is 8.79. The molecule has 2 heterocycles. The van der Waals surface area contributed by atoms with E-state index >= 15 is 0 Å². The summed E-state index contributed by atoms with van der Waals surface area (Å²) >= 11 is 1.13. The summed E-state index contributed by atoms with van der Waals surface area (Å²) in [6.07, 6.45) is 4.08. The smallest absolute Gasteiger partial charge is 0.257 e. The van der Waals surface area contributed by atoms with Gasteiger partial charge < -0.3 is 10.6 Å².